The number of hydrogen-bond donors (Lipinski definition) is 1. The van der Waals surface area contributed by atoms with E-state index in [-0.39, 0.29) is 0 Å². The van der Waals surface area contributed by atoms with Crippen LogP contribution >= 0.6 is 0 Å². The monoisotopic (exact) mass is 265 g/mol. The molecule has 3 aromatic rings. The third-order valence-electron chi connectivity index (χ3n) is 3.71. The molecular weight excluding hydrogens is 246 g/mol. The number of furan rings is 1. The highest BCUT2D eigenvalue weighted by Crippen LogP contribution is 2.20. The average molecular weight is 265 g/mol. The number of hydrogen-bond acceptors (Lipinski definition) is 2. The van der Waals surface area contributed by atoms with Crippen LogP contribution in [-0.4, -0.2) is 6.54 Å². The van der Waals surface area contributed by atoms with Gasteiger partial charge in [-0.1, -0.05) is 42.5 Å². The number of para-hydroxylation sites is 1. The minimum Gasteiger partial charge on any atom is -0.464 e. The summed E-state index contributed by atoms with van der Waals surface area (Å²) in [6.45, 7) is 3.99. The van der Waals surface area contributed by atoms with E-state index in [1.807, 2.05) is 18.4 Å². The molecule has 1 heterocycles. The number of aryl methyl sites for hydroxylation is 1. The van der Waals surface area contributed by atoms with Gasteiger partial charge in [-0.15, -0.1) is 0 Å². The van der Waals surface area contributed by atoms with Crippen LogP contribution in [0.2, 0.25) is 0 Å². The molecule has 0 aliphatic rings. The normalized spacial score (nSPS) is 11.1. The fraction of sp³-hybridized carbons (Fsp3) is 0.222. The molecule has 2 heteroatoms. The van der Waals surface area contributed by atoms with Crippen molar-refractivity contribution in [2.45, 2.75) is 19.9 Å². The second-order valence-electron chi connectivity index (χ2n) is 5.11. The van der Waals surface area contributed by atoms with E-state index in [2.05, 4.69) is 48.6 Å². The number of nitrogens with one attached hydrogen (secondary N) is 1. The zero-order valence-corrected chi connectivity index (χ0v) is 11.7. The molecule has 0 saturated heterocycles. The third-order valence-corrected chi connectivity index (χ3v) is 3.71. The first-order chi connectivity index (χ1) is 9.84. The maximum Gasteiger partial charge on any atom is 0.134 e. The Morgan fingerprint density at radius 1 is 0.950 bits per heavy atom. The number of rotatable bonds is 5. The summed E-state index contributed by atoms with van der Waals surface area (Å²) < 4.78 is 5.54. The zero-order chi connectivity index (χ0) is 13.8. The third kappa shape index (κ3) is 2.75. The minimum atomic E-state index is 0.850. The maximum absolute atomic E-state index is 5.54. The Hall–Kier alpha value is -2.06. The van der Waals surface area contributed by atoms with Crippen LogP contribution in [0.3, 0.4) is 0 Å². The Labute approximate surface area is 119 Å². The first kappa shape index (κ1) is 12.9. The molecule has 0 fully saturated rings. The van der Waals surface area contributed by atoms with Gasteiger partial charge in [0.1, 0.15) is 5.58 Å². The van der Waals surface area contributed by atoms with Crippen LogP contribution in [0.4, 0.5) is 0 Å². The van der Waals surface area contributed by atoms with Crippen molar-refractivity contribution in [2.24, 2.45) is 0 Å². The second-order valence-corrected chi connectivity index (χ2v) is 5.11. The lowest BCUT2D eigenvalue weighted by atomic mass is 10.1. The van der Waals surface area contributed by atoms with E-state index in [1.54, 1.807) is 0 Å². The molecule has 0 aliphatic carbocycles. The first-order valence-corrected chi connectivity index (χ1v) is 7.05. The fourth-order valence-corrected chi connectivity index (χ4v) is 2.51. The van der Waals surface area contributed by atoms with E-state index in [9.17, 15) is 0 Å². The summed E-state index contributed by atoms with van der Waals surface area (Å²) in [4.78, 5) is 0. The Bertz CT molecular complexity index is 699. The van der Waals surface area contributed by atoms with Crippen LogP contribution in [0.15, 0.2) is 59.2 Å². The quantitative estimate of drug-likeness (QED) is 0.703. The van der Waals surface area contributed by atoms with Crippen molar-refractivity contribution in [3.05, 3.63) is 71.5 Å². The molecule has 0 radical (unpaired) electrons. The summed E-state index contributed by atoms with van der Waals surface area (Å²) in [6.07, 6.45) is 2.91. The second kappa shape index (κ2) is 5.93. The van der Waals surface area contributed by atoms with Crippen LogP contribution in [0.1, 0.15) is 16.7 Å². The molecule has 2 nitrogen and oxygen atoms in total. The summed E-state index contributed by atoms with van der Waals surface area (Å²) in [6, 6.07) is 16.7. The molecule has 0 saturated carbocycles. The van der Waals surface area contributed by atoms with E-state index in [0.717, 1.165) is 25.1 Å². The van der Waals surface area contributed by atoms with E-state index in [1.165, 1.54) is 22.1 Å². The Balaban J connectivity index is 1.57. The number of benzene rings is 2. The SMILES string of the molecule is Cc1ccccc1CCNCc1coc2ccccc12. The summed E-state index contributed by atoms with van der Waals surface area (Å²) in [7, 11) is 0. The summed E-state index contributed by atoms with van der Waals surface area (Å²) >= 11 is 0. The highest BCUT2D eigenvalue weighted by Gasteiger charge is 2.04. The van der Waals surface area contributed by atoms with Gasteiger partial charge in [0.25, 0.3) is 0 Å². The lowest BCUT2D eigenvalue weighted by molar-refractivity contribution is 0.602. The van der Waals surface area contributed by atoms with E-state index in [0.29, 0.717) is 0 Å². The molecule has 0 aliphatic heterocycles. The van der Waals surface area contributed by atoms with E-state index in [4.69, 9.17) is 4.42 Å². The molecule has 0 amide bonds. The van der Waals surface area contributed by atoms with Gasteiger partial charge in [-0.25, -0.2) is 0 Å². The van der Waals surface area contributed by atoms with Crippen molar-refractivity contribution in [3.8, 4) is 0 Å². The Kier molecular flexibility index (Phi) is 3.84. The highest BCUT2D eigenvalue weighted by molar-refractivity contribution is 5.80. The molecule has 102 valence electrons. The summed E-state index contributed by atoms with van der Waals surface area (Å²) in [5.74, 6) is 0. The summed E-state index contributed by atoms with van der Waals surface area (Å²) in [5.41, 5.74) is 4.97. The van der Waals surface area contributed by atoms with Crippen LogP contribution in [0.25, 0.3) is 11.0 Å². The molecule has 20 heavy (non-hydrogen) atoms. The molecule has 0 atom stereocenters. The van der Waals surface area contributed by atoms with E-state index >= 15 is 0 Å². The van der Waals surface area contributed by atoms with Gasteiger partial charge in [-0.2, -0.15) is 0 Å². The molecule has 0 bridgehead atoms. The predicted molar refractivity (Wildman–Crippen MR) is 82.8 cm³/mol. The van der Waals surface area contributed by atoms with Crippen molar-refractivity contribution in [1.29, 1.82) is 0 Å². The van der Waals surface area contributed by atoms with Crippen LogP contribution in [-0.2, 0) is 13.0 Å². The van der Waals surface area contributed by atoms with Gasteiger partial charge in [-0.05, 0) is 37.1 Å². The minimum absolute atomic E-state index is 0.850. The van der Waals surface area contributed by atoms with Crippen LogP contribution in [0, 0.1) is 6.92 Å². The van der Waals surface area contributed by atoms with Crippen molar-refractivity contribution < 1.29 is 4.42 Å². The van der Waals surface area contributed by atoms with Crippen molar-refractivity contribution in [3.63, 3.8) is 0 Å². The van der Waals surface area contributed by atoms with Crippen molar-refractivity contribution in [2.75, 3.05) is 6.54 Å². The van der Waals surface area contributed by atoms with Gasteiger partial charge in [-0.3, -0.25) is 0 Å². The maximum atomic E-state index is 5.54. The Morgan fingerprint density at radius 2 is 1.75 bits per heavy atom. The molecule has 1 aromatic heterocycles. The summed E-state index contributed by atoms with van der Waals surface area (Å²) in [5, 5.41) is 4.70. The zero-order valence-electron chi connectivity index (χ0n) is 11.7. The highest BCUT2D eigenvalue weighted by atomic mass is 16.3. The van der Waals surface area contributed by atoms with Gasteiger partial charge >= 0.3 is 0 Å². The van der Waals surface area contributed by atoms with Gasteiger partial charge in [0.15, 0.2) is 0 Å². The largest absolute Gasteiger partial charge is 0.464 e. The smallest absolute Gasteiger partial charge is 0.134 e. The van der Waals surface area contributed by atoms with Crippen molar-refractivity contribution in [1.82, 2.24) is 5.32 Å². The van der Waals surface area contributed by atoms with Gasteiger partial charge in [0, 0.05) is 17.5 Å². The Morgan fingerprint density at radius 3 is 2.65 bits per heavy atom. The first-order valence-electron chi connectivity index (χ1n) is 7.05. The molecule has 2 aromatic carbocycles. The molecule has 0 spiro atoms. The lowest BCUT2D eigenvalue weighted by Crippen LogP contribution is -2.16. The fourth-order valence-electron chi connectivity index (χ4n) is 2.51. The van der Waals surface area contributed by atoms with Gasteiger partial charge in [0.05, 0.1) is 6.26 Å². The van der Waals surface area contributed by atoms with Gasteiger partial charge in [0.2, 0.25) is 0 Å². The molecule has 0 unspecified atom stereocenters. The van der Waals surface area contributed by atoms with E-state index < -0.39 is 0 Å². The van der Waals surface area contributed by atoms with Crippen molar-refractivity contribution >= 4 is 11.0 Å². The standard InChI is InChI=1S/C18H19NO/c1-14-6-2-3-7-15(14)10-11-19-12-16-13-20-18-9-5-4-8-17(16)18/h2-9,13,19H,10-12H2,1H3. The number of fused-ring (bicyclic) bond motifs is 1. The molecule has 1 N–H and O–H groups in total. The van der Waals surface area contributed by atoms with Crippen LogP contribution < -0.4 is 5.32 Å². The van der Waals surface area contributed by atoms with Crippen LogP contribution in [0.5, 0.6) is 0 Å². The molecular formula is C18H19NO. The van der Waals surface area contributed by atoms with Gasteiger partial charge < -0.3 is 9.73 Å². The average Bonchev–Trinajstić information content (AvgIpc) is 2.89. The topological polar surface area (TPSA) is 25.2 Å². The molecule has 3 rings (SSSR count). The lowest BCUT2D eigenvalue weighted by Gasteiger charge is -2.06. The predicted octanol–water partition coefficient (Wildman–Crippen LogP) is 4.07.